The van der Waals surface area contributed by atoms with Crippen LogP contribution in [0.2, 0.25) is 0 Å². The van der Waals surface area contributed by atoms with Crippen molar-refractivity contribution in [2.24, 2.45) is 4.99 Å². The number of carbonyl (C=O) groups is 2. The Hall–Kier alpha value is -3.20. The van der Waals surface area contributed by atoms with Gasteiger partial charge < -0.3 is 18.8 Å². The maximum Gasteiger partial charge on any atom is 0.326 e. The van der Waals surface area contributed by atoms with Gasteiger partial charge in [0.15, 0.2) is 4.80 Å². The Morgan fingerprint density at radius 3 is 2.66 bits per heavy atom. The molecule has 0 aliphatic heterocycles. The number of para-hydroxylation sites is 1. The zero-order valence-corrected chi connectivity index (χ0v) is 16.9. The van der Waals surface area contributed by atoms with Gasteiger partial charge >= 0.3 is 5.97 Å². The van der Waals surface area contributed by atoms with E-state index < -0.39 is 17.7 Å². The van der Waals surface area contributed by atoms with Crippen LogP contribution in [0.15, 0.2) is 41.4 Å². The van der Waals surface area contributed by atoms with Gasteiger partial charge in [-0.15, -0.1) is 0 Å². The van der Waals surface area contributed by atoms with Crippen LogP contribution >= 0.6 is 11.3 Å². The molecule has 152 valence electrons. The SMILES string of the molecule is CCOC(=O)Cn1c(=NC(=O)c2ccc(OC)cc2OC)sc2cccc(F)c21. The summed E-state index contributed by atoms with van der Waals surface area (Å²) in [5.41, 5.74) is 0.410. The Bertz CT molecular complexity index is 1140. The summed E-state index contributed by atoms with van der Waals surface area (Å²) in [6.07, 6.45) is 0. The molecule has 0 saturated heterocycles. The van der Waals surface area contributed by atoms with E-state index in [0.717, 1.165) is 11.3 Å². The van der Waals surface area contributed by atoms with E-state index in [1.165, 1.54) is 30.9 Å². The van der Waals surface area contributed by atoms with Crippen molar-refractivity contribution in [1.29, 1.82) is 0 Å². The summed E-state index contributed by atoms with van der Waals surface area (Å²) >= 11 is 1.10. The number of fused-ring (bicyclic) bond motifs is 1. The maximum absolute atomic E-state index is 14.4. The number of hydrogen-bond donors (Lipinski definition) is 0. The number of esters is 1. The lowest BCUT2D eigenvalue weighted by atomic mass is 10.2. The number of thiazole rings is 1. The van der Waals surface area contributed by atoms with Gasteiger partial charge in [0.05, 0.1) is 36.6 Å². The quantitative estimate of drug-likeness (QED) is 0.575. The van der Waals surface area contributed by atoms with E-state index in [2.05, 4.69) is 4.99 Å². The first kappa shape index (κ1) is 20.5. The molecule has 0 spiro atoms. The van der Waals surface area contributed by atoms with Crippen molar-refractivity contribution in [2.45, 2.75) is 13.5 Å². The fourth-order valence-corrected chi connectivity index (χ4v) is 3.82. The van der Waals surface area contributed by atoms with Gasteiger partial charge in [-0.25, -0.2) is 4.39 Å². The maximum atomic E-state index is 14.4. The zero-order chi connectivity index (χ0) is 21.0. The second-order valence-electron chi connectivity index (χ2n) is 5.85. The molecule has 1 amide bonds. The van der Waals surface area contributed by atoms with Gasteiger partial charge in [0.2, 0.25) is 0 Å². The normalized spacial score (nSPS) is 11.5. The lowest BCUT2D eigenvalue weighted by Crippen LogP contribution is -2.23. The summed E-state index contributed by atoms with van der Waals surface area (Å²) in [7, 11) is 2.94. The third-order valence-electron chi connectivity index (χ3n) is 4.08. The minimum atomic E-state index is -0.589. The molecular formula is C20H19FN2O5S. The average molecular weight is 418 g/mol. The highest BCUT2D eigenvalue weighted by atomic mass is 32.1. The minimum Gasteiger partial charge on any atom is -0.497 e. The first-order valence-electron chi connectivity index (χ1n) is 8.73. The van der Waals surface area contributed by atoms with Crippen molar-refractivity contribution < 1.29 is 28.2 Å². The standard InChI is InChI=1S/C20H19FN2O5S/c1-4-28-17(24)11-23-18-14(21)6-5-7-16(18)29-20(23)22-19(25)13-9-8-12(26-2)10-15(13)27-3/h5-10H,4,11H2,1-3H3. The first-order chi connectivity index (χ1) is 14.0. The van der Waals surface area contributed by atoms with Crippen LogP contribution in [-0.4, -0.2) is 37.3 Å². The van der Waals surface area contributed by atoms with Crippen molar-refractivity contribution in [1.82, 2.24) is 4.57 Å². The second kappa shape index (κ2) is 8.87. The number of nitrogens with zero attached hydrogens (tertiary/aromatic N) is 2. The fourth-order valence-electron chi connectivity index (χ4n) is 2.78. The van der Waals surface area contributed by atoms with E-state index >= 15 is 0 Å². The number of carbonyl (C=O) groups excluding carboxylic acids is 2. The lowest BCUT2D eigenvalue weighted by molar-refractivity contribution is -0.143. The van der Waals surface area contributed by atoms with Gasteiger partial charge in [-0.3, -0.25) is 9.59 Å². The number of ether oxygens (including phenoxy) is 3. The Kier molecular flexibility index (Phi) is 6.28. The van der Waals surface area contributed by atoms with E-state index in [-0.39, 0.29) is 29.0 Å². The van der Waals surface area contributed by atoms with E-state index in [1.807, 2.05) is 0 Å². The number of hydrogen-bond acceptors (Lipinski definition) is 6. The van der Waals surface area contributed by atoms with E-state index in [4.69, 9.17) is 14.2 Å². The van der Waals surface area contributed by atoms with Crippen molar-refractivity contribution in [3.05, 3.63) is 52.6 Å². The van der Waals surface area contributed by atoms with Gasteiger partial charge in [0, 0.05) is 6.07 Å². The Morgan fingerprint density at radius 1 is 1.17 bits per heavy atom. The van der Waals surface area contributed by atoms with Gasteiger partial charge in [-0.05, 0) is 31.2 Å². The van der Waals surface area contributed by atoms with Crippen molar-refractivity contribution in [2.75, 3.05) is 20.8 Å². The molecule has 0 N–H and O–H groups in total. The molecule has 0 bridgehead atoms. The van der Waals surface area contributed by atoms with Crippen LogP contribution in [0.4, 0.5) is 4.39 Å². The summed E-state index contributed by atoms with van der Waals surface area (Å²) in [6, 6.07) is 9.26. The molecule has 0 saturated carbocycles. The average Bonchev–Trinajstić information content (AvgIpc) is 3.05. The number of benzene rings is 2. The molecule has 0 atom stereocenters. The summed E-state index contributed by atoms with van der Waals surface area (Å²) in [6.45, 7) is 1.61. The summed E-state index contributed by atoms with van der Waals surface area (Å²) in [5, 5.41) is 0. The third kappa shape index (κ3) is 4.29. The molecule has 3 rings (SSSR count). The Morgan fingerprint density at radius 2 is 1.97 bits per heavy atom. The van der Waals surface area contributed by atoms with Gasteiger partial charge in [-0.1, -0.05) is 17.4 Å². The second-order valence-corrected chi connectivity index (χ2v) is 6.85. The largest absolute Gasteiger partial charge is 0.497 e. The van der Waals surface area contributed by atoms with Crippen LogP contribution in [-0.2, 0) is 16.1 Å². The molecule has 29 heavy (non-hydrogen) atoms. The molecule has 1 heterocycles. The van der Waals surface area contributed by atoms with Gasteiger partial charge in [-0.2, -0.15) is 4.99 Å². The van der Waals surface area contributed by atoms with E-state index in [0.29, 0.717) is 16.2 Å². The number of rotatable bonds is 6. The molecule has 0 radical (unpaired) electrons. The Balaban J connectivity index is 2.13. The molecule has 7 nitrogen and oxygen atoms in total. The van der Waals surface area contributed by atoms with Crippen LogP contribution in [0.25, 0.3) is 10.2 Å². The van der Waals surface area contributed by atoms with Crippen LogP contribution in [0, 0.1) is 5.82 Å². The molecular weight excluding hydrogens is 399 g/mol. The highest BCUT2D eigenvalue weighted by Crippen LogP contribution is 2.25. The van der Waals surface area contributed by atoms with Crippen molar-refractivity contribution in [3.8, 4) is 11.5 Å². The van der Waals surface area contributed by atoms with Gasteiger partial charge in [0.1, 0.15) is 23.9 Å². The zero-order valence-electron chi connectivity index (χ0n) is 16.1. The lowest BCUT2D eigenvalue weighted by Gasteiger charge is -2.08. The predicted octanol–water partition coefficient (Wildman–Crippen LogP) is 3.16. The molecule has 3 aromatic rings. The molecule has 0 fully saturated rings. The number of methoxy groups -OCH3 is 2. The van der Waals surface area contributed by atoms with Crippen LogP contribution in [0.3, 0.4) is 0 Å². The molecule has 0 aliphatic carbocycles. The molecule has 9 heteroatoms. The molecule has 0 unspecified atom stereocenters. The summed E-state index contributed by atoms with van der Waals surface area (Å²) in [5.74, 6) is -0.832. The monoisotopic (exact) mass is 418 g/mol. The Labute approximate surface area is 170 Å². The molecule has 0 aliphatic rings. The highest BCUT2D eigenvalue weighted by molar-refractivity contribution is 7.16. The summed E-state index contributed by atoms with van der Waals surface area (Å²) in [4.78, 5) is 29.2. The minimum absolute atomic E-state index is 0.182. The smallest absolute Gasteiger partial charge is 0.326 e. The molecule has 1 aromatic heterocycles. The van der Waals surface area contributed by atoms with Crippen LogP contribution in [0.5, 0.6) is 11.5 Å². The van der Waals surface area contributed by atoms with Crippen molar-refractivity contribution >= 4 is 33.4 Å². The first-order valence-corrected chi connectivity index (χ1v) is 9.54. The van der Waals surface area contributed by atoms with E-state index in [1.54, 1.807) is 31.2 Å². The summed E-state index contributed by atoms with van der Waals surface area (Å²) < 4.78 is 31.7. The third-order valence-corrected chi connectivity index (χ3v) is 5.12. The topological polar surface area (TPSA) is 79.1 Å². The number of amides is 1. The predicted molar refractivity (Wildman–Crippen MR) is 106 cm³/mol. The fraction of sp³-hybridized carbons (Fsp3) is 0.250. The molecule has 2 aromatic carbocycles. The van der Waals surface area contributed by atoms with Gasteiger partial charge in [0.25, 0.3) is 5.91 Å². The van der Waals surface area contributed by atoms with Crippen LogP contribution < -0.4 is 14.3 Å². The number of halogens is 1. The van der Waals surface area contributed by atoms with Crippen molar-refractivity contribution in [3.63, 3.8) is 0 Å². The number of aromatic nitrogens is 1. The van der Waals surface area contributed by atoms with Crippen LogP contribution in [0.1, 0.15) is 17.3 Å². The highest BCUT2D eigenvalue weighted by Gasteiger charge is 2.17. The van der Waals surface area contributed by atoms with E-state index in [9.17, 15) is 14.0 Å².